The molecule has 9 nitrogen and oxygen atoms in total. The summed E-state index contributed by atoms with van der Waals surface area (Å²) in [7, 11) is 0. The van der Waals surface area contributed by atoms with Gasteiger partial charge in [-0.25, -0.2) is 0 Å². The summed E-state index contributed by atoms with van der Waals surface area (Å²) in [6.45, 7) is 0.226. The summed E-state index contributed by atoms with van der Waals surface area (Å²) >= 11 is 0. The van der Waals surface area contributed by atoms with Crippen molar-refractivity contribution in [2.75, 3.05) is 6.61 Å². The second-order valence-electron chi connectivity index (χ2n) is 6.41. The molecule has 0 saturated heterocycles. The first kappa shape index (κ1) is 16.6. The van der Waals surface area contributed by atoms with Crippen LogP contribution in [0.1, 0.15) is 17.8 Å². The maximum Gasteiger partial charge on any atom is 0.240 e. The Bertz CT molecular complexity index is 1170. The number of pyridine rings is 1. The van der Waals surface area contributed by atoms with E-state index in [2.05, 4.69) is 25.4 Å². The highest BCUT2D eigenvalue weighted by molar-refractivity contribution is 6.01. The van der Waals surface area contributed by atoms with Gasteiger partial charge in [-0.05, 0) is 12.1 Å². The molecule has 0 bridgehead atoms. The molecule has 5 rings (SSSR count). The zero-order chi connectivity index (χ0) is 18.9. The molecule has 1 aliphatic heterocycles. The molecule has 1 atom stereocenters. The first-order chi connectivity index (χ1) is 13.8. The molecule has 9 heteroatoms. The predicted octanol–water partition coefficient (Wildman–Crippen LogP) is 1.74. The Hall–Kier alpha value is -3.59. The predicted molar refractivity (Wildman–Crippen MR) is 100.0 cm³/mol. The Morgan fingerprint density at radius 2 is 2.04 bits per heavy atom. The van der Waals surface area contributed by atoms with E-state index in [4.69, 9.17) is 9.57 Å². The van der Waals surface area contributed by atoms with Gasteiger partial charge in [0.2, 0.25) is 11.7 Å². The van der Waals surface area contributed by atoms with Gasteiger partial charge in [-0.2, -0.15) is 4.52 Å². The molecule has 0 amide bonds. The van der Waals surface area contributed by atoms with Gasteiger partial charge in [-0.15, -0.1) is 15.3 Å². The summed E-state index contributed by atoms with van der Waals surface area (Å²) in [6.07, 6.45) is 3.54. The summed E-state index contributed by atoms with van der Waals surface area (Å²) in [5.74, 6) is 0.939. The van der Waals surface area contributed by atoms with Gasteiger partial charge < -0.3 is 14.7 Å². The van der Waals surface area contributed by atoms with E-state index in [0.29, 0.717) is 36.1 Å². The molecule has 28 heavy (non-hydrogen) atoms. The molecule has 4 aromatic rings. The third kappa shape index (κ3) is 2.81. The van der Waals surface area contributed by atoms with Gasteiger partial charge in [0.25, 0.3) is 0 Å². The molecule has 140 valence electrons. The minimum Gasteiger partial charge on any atom is -0.471 e. The zero-order valence-electron chi connectivity index (χ0n) is 14.8. The van der Waals surface area contributed by atoms with Crippen LogP contribution < -0.4 is 4.74 Å². The van der Waals surface area contributed by atoms with Crippen molar-refractivity contribution in [2.45, 2.75) is 19.1 Å². The number of benzene rings is 1. The third-order valence-corrected chi connectivity index (χ3v) is 4.52. The normalized spacial score (nSPS) is 16.3. The van der Waals surface area contributed by atoms with Crippen LogP contribution in [0.15, 0.2) is 53.9 Å². The first-order valence-electron chi connectivity index (χ1n) is 8.83. The molecule has 0 radical (unpaired) electrons. The average molecular weight is 376 g/mol. The number of hydrogen-bond acceptors (Lipinski definition) is 8. The monoisotopic (exact) mass is 376 g/mol. The van der Waals surface area contributed by atoms with E-state index in [1.807, 2.05) is 36.4 Å². The first-order valence-corrected chi connectivity index (χ1v) is 8.83. The van der Waals surface area contributed by atoms with Crippen molar-refractivity contribution >= 4 is 22.1 Å². The summed E-state index contributed by atoms with van der Waals surface area (Å²) in [5, 5.41) is 28.2. The Balaban J connectivity index is 1.59. The van der Waals surface area contributed by atoms with E-state index in [1.165, 1.54) is 0 Å². The highest BCUT2D eigenvalue weighted by Gasteiger charge is 2.26. The van der Waals surface area contributed by atoms with Crippen molar-refractivity contribution in [3.63, 3.8) is 0 Å². The van der Waals surface area contributed by atoms with Gasteiger partial charge in [-0.3, -0.25) is 4.98 Å². The van der Waals surface area contributed by atoms with Gasteiger partial charge in [-0.1, -0.05) is 29.4 Å². The zero-order valence-corrected chi connectivity index (χ0v) is 14.8. The van der Waals surface area contributed by atoms with Crippen LogP contribution in [0, 0.1) is 0 Å². The van der Waals surface area contributed by atoms with Crippen molar-refractivity contribution in [1.82, 2.24) is 24.8 Å². The quantitative estimate of drug-likeness (QED) is 0.565. The summed E-state index contributed by atoms with van der Waals surface area (Å²) in [4.78, 5) is 9.31. The van der Waals surface area contributed by atoms with E-state index in [1.54, 1.807) is 16.9 Å². The molecule has 1 aliphatic rings. The van der Waals surface area contributed by atoms with Gasteiger partial charge in [0.15, 0.2) is 11.8 Å². The molecule has 0 fully saturated rings. The number of oxime groups is 1. The largest absolute Gasteiger partial charge is 0.471 e. The topological polar surface area (TPSA) is 107 Å². The van der Waals surface area contributed by atoms with Gasteiger partial charge in [0.05, 0.1) is 6.61 Å². The highest BCUT2D eigenvalue weighted by atomic mass is 16.6. The van der Waals surface area contributed by atoms with Gasteiger partial charge in [0, 0.05) is 35.2 Å². The van der Waals surface area contributed by atoms with Crippen molar-refractivity contribution in [3.05, 3.63) is 60.2 Å². The molecule has 1 N–H and O–H groups in total. The van der Waals surface area contributed by atoms with Crippen LogP contribution in [0.3, 0.4) is 0 Å². The van der Waals surface area contributed by atoms with Crippen LogP contribution in [0.2, 0.25) is 0 Å². The van der Waals surface area contributed by atoms with Crippen LogP contribution in [0.5, 0.6) is 5.88 Å². The second-order valence-corrected chi connectivity index (χ2v) is 6.41. The lowest BCUT2D eigenvalue weighted by atomic mass is 10.1. The fourth-order valence-corrected chi connectivity index (χ4v) is 3.13. The Morgan fingerprint density at radius 3 is 2.82 bits per heavy atom. The fourth-order valence-electron chi connectivity index (χ4n) is 3.13. The van der Waals surface area contributed by atoms with Crippen molar-refractivity contribution in [1.29, 1.82) is 0 Å². The van der Waals surface area contributed by atoms with E-state index in [0.717, 1.165) is 16.3 Å². The number of hydrogen-bond donors (Lipinski definition) is 1. The molecular weight excluding hydrogens is 360 g/mol. The highest BCUT2D eigenvalue weighted by Crippen LogP contribution is 2.28. The Labute approximate surface area is 159 Å². The summed E-state index contributed by atoms with van der Waals surface area (Å²) < 4.78 is 7.62. The number of ether oxygens (including phenoxy) is 1. The van der Waals surface area contributed by atoms with Crippen molar-refractivity contribution in [3.8, 4) is 5.88 Å². The number of aliphatic hydroxyl groups excluding tert-OH is 1. The Kier molecular flexibility index (Phi) is 4.06. The average Bonchev–Trinajstić information content (AvgIpc) is 3.39. The van der Waals surface area contributed by atoms with Gasteiger partial charge >= 0.3 is 0 Å². The van der Waals surface area contributed by atoms with E-state index >= 15 is 0 Å². The third-order valence-electron chi connectivity index (χ3n) is 4.52. The molecule has 1 unspecified atom stereocenters. The van der Waals surface area contributed by atoms with Crippen LogP contribution in [0.25, 0.3) is 16.4 Å². The Morgan fingerprint density at radius 1 is 1.14 bits per heavy atom. The SMILES string of the molecule is OCC1CC(c2nnc3c4ccccc4c(OCc4cccnc4)nn23)=NO1. The number of nitrogens with zero attached hydrogens (tertiary/aromatic N) is 6. The lowest BCUT2D eigenvalue weighted by Gasteiger charge is -2.09. The van der Waals surface area contributed by atoms with E-state index < -0.39 is 0 Å². The van der Waals surface area contributed by atoms with Crippen LogP contribution in [-0.2, 0) is 11.4 Å². The number of fused-ring (bicyclic) bond motifs is 3. The van der Waals surface area contributed by atoms with E-state index in [-0.39, 0.29) is 12.7 Å². The second kappa shape index (κ2) is 6.86. The maximum absolute atomic E-state index is 9.28. The molecule has 4 heterocycles. The summed E-state index contributed by atoms with van der Waals surface area (Å²) in [5.41, 5.74) is 2.14. The van der Waals surface area contributed by atoms with Crippen LogP contribution >= 0.6 is 0 Å². The minimum absolute atomic E-state index is 0.112. The molecule has 3 aromatic heterocycles. The smallest absolute Gasteiger partial charge is 0.240 e. The lowest BCUT2D eigenvalue weighted by molar-refractivity contribution is 0.0390. The van der Waals surface area contributed by atoms with Crippen molar-refractivity contribution in [2.24, 2.45) is 5.16 Å². The minimum atomic E-state index is -0.371. The standard InChI is InChI=1S/C19H16N6O3/c26-10-13-8-16(24-28-13)18-22-21-17-14-5-1-2-6-15(14)19(23-25(17)18)27-11-12-4-3-7-20-9-12/h1-7,9,13,26H,8,10-11H2. The molecule has 0 saturated carbocycles. The fraction of sp³-hybridized carbons (Fsp3) is 0.211. The van der Waals surface area contributed by atoms with E-state index in [9.17, 15) is 5.11 Å². The summed E-state index contributed by atoms with van der Waals surface area (Å²) in [6, 6.07) is 11.5. The number of aliphatic hydroxyl groups is 1. The van der Waals surface area contributed by atoms with Crippen LogP contribution in [-0.4, -0.2) is 48.3 Å². The van der Waals surface area contributed by atoms with Gasteiger partial charge in [0.1, 0.15) is 12.3 Å². The number of aromatic nitrogens is 5. The maximum atomic E-state index is 9.28. The number of rotatable bonds is 5. The molecule has 0 spiro atoms. The molecular formula is C19H16N6O3. The van der Waals surface area contributed by atoms with Crippen molar-refractivity contribution < 1.29 is 14.7 Å². The molecule has 0 aliphatic carbocycles. The van der Waals surface area contributed by atoms with Crippen LogP contribution in [0.4, 0.5) is 0 Å². The lowest BCUT2D eigenvalue weighted by Crippen LogP contribution is -2.15. The molecule has 1 aromatic carbocycles.